The van der Waals surface area contributed by atoms with E-state index in [9.17, 15) is 41.0 Å². The molecule has 1 aromatic heterocycles. The van der Waals surface area contributed by atoms with E-state index >= 15 is 0 Å². The van der Waals surface area contributed by atoms with E-state index < -0.39 is 64.3 Å². The van der Waals surface area contributed by atoms with Gasteiger partial charge in [-0.25, -0.2) is 14.2 Å². The molecule has 1 unspecified atom stereocenters. The lowest BCUT2D eigenvalue weighted by atomic mass is 10.0. The summed E-state index contributed by atoms with van der Waals surface area (Å²) >= 11 is 0. The summed E-state index contributed by atoms with van der Waals surface area (Å²) in [5.41, 5.74) is -4.98. The highest BCUT2D eigenvalue weighted by Crippen LogP contribution is 2.50. The Morgan fingerprint density at radius 2 is 1.69 bits per heavy atom. The number of likely N-dealkylation sites (tertiary alicyclic amines) is 1. The third-order valence-electron chi connectivity index (χ3n) is 6.45. The Labute approximate surface area is 198 Å². The molecule has 0 radical (unpaired) electrons. The van der Waals surface area contributed by atoms with E-state index in [1.165, 1.54) is 6.07 Å². The van der Waals surface area contributed by atoms with Gasteiger partial charge in [-0.3, -0.25) is 9.36 Å². The lowest BCUT2D eigenvalue weighted by molar-refractivity contribution is -0.138. The summed E-state index contributed by atoms with van der Waals surface area (Å²) in [5.74, 6) is -1.67. The molecule has 2 aromatic carbocycles. The van der Waals surface area contributed by atoms with Gasteiger partial charge in [-0.05, 0) is 30.7 Å². The van der Waals surface area contributed by atoms with E-state index in [2.05, 4.69) is 4.85 Å². The molecular weight excluding hydrogens is 494 g/mol. The normalized spacial score (nSPS) is 18.9. The number of hydrogen-bond acceptors (Lipinski definition) is 3. The largest absolute Gasteiger partial charge is 0.493 e. The molecule has 1 saturated heterocycles. The highest BCUT2D eigenvalue weighted by atomic mass is 19.4. The Hall–Kier alpha value is -4.21. The minimum absolute atomic E-state index is 0.0723. The smallest absolute Gasteiger partial charge is 0.417 e. The highest BCUT2D eigenvalue weighted by Gasteiger charge is 2.50. The van der Waals surface area contributed by atoms with Crippen LogP contribution in [0.4, 0.5) is 32.0 Å². The molecule has 3 aromatic rings. The SMILES string of the molecule is [C-]#[N+]c1ccc(-n2c(O)c3n(c2=O)C2C[C@H]3N(C(=O)c3ccccc3C(F)(F)F)C2)cc1C(F)(F)F. The van der Waals surface area contributed by atoms with Gasteiger partial charge in [0.05, 0.1) is 41.0 Å². The first kappa shape index (κ1) is 23.5. The lowest BCUT2D eigenvalue weighted by Gasteiger charge is -2.28. The molecule has 2 aliphatic rings. The number of imidazole rings is 1. The Morgan fingerprint density at radius 1 is 1.03 bits per heavy atom. The van der Waals surface area contributed by atoms with Crippen LogP contribution in [0.2, 0.25) is 0 Å². The van der Waals surface area contributed by atoms with Gasteiger partial charge in [0.25, 0.3) is 5.91 Å². The quantitative estimate of drug-likeness (QED) is 0.388. The summed E-state index contributed by atoms with van der Waals surface area (Å²) in [4.78, 5) is 30.2. The zero-order chi connectivity index (χ0) is 26.2. The van der Waals surface area contributed by atoms with Crippen LogP contribution in [0.25, 0.3) is 10.5 Å². The molecule has 186 valence electrons. The van der Waals surface area contributed by atoms with E-state index in [-0.39, 0.29) is 24.3 Å². The first-order chi connectivity index (χ1) is 16.8. The molecular formula is C23H14F6N4O3. The van der Waals surface area contributed by atoms with E-state index in [4.69, 9.17) is 6.57 Å². The van der Waals surface area contributed by atoms with Crippen LogP contribution >= 0.6 is 0 Å². The van der Waals surface area contributed by atoms with E-state index in [1.807, 2.05) is 0 Å². The second-order valence-corrected chi connectivity index (χ2v) is 8.41. The number of amides is 1. The average molecular weight is 508 g/mol. The first-order valence-electron chi connectivity index (χ1n) is 10.5. The molecule has 2 aliphatic heterocycles. The maximum absolute atomic E-state index is 13.4. The number of carbonyl (C=O) groups excluding carboxylic acids is 1. The Bertz CT molecular complexity index is 1510. The number of benzene rings is 2. The van der Waals surface area contributed by atoms with Crippen LogP contribution in [0.15, 0.2) is 47.3 Å². The fourth-order valence-electron chi connectivity index (χ4n) is 4.96. The summed E-state index contributed by atoms with van der Waals surface area (Å²) in [5, 5.41) is 10.9. The molecule has 7 nitrogen and oxygen atoms in total. The van der Waals surface area contributed by atoms with Crippen molar-refractivity contribution in [2.75, 3.05) is 6.54 Å². The van der Waals surface area contributed by atoms with Crippen molar-refractivity contribution in [1.29, 1.82) is 0 Å². The number of nitrogens with zero attached hydrogens (tertiary/aromatic N) is 4. The van der Waals surface area contributed by atoms with E-state index in [1.54, 1.807) is 0 Å². The van der Waals surface area contributed by atoms with Crippen molar-refractivity contribution in [3.05, 3.63) is 86.8 Å². The Kier molecular flexibility index (Phi) is 5.00. The molecule has 1 amide bonds. The van der Waals surface area contributed by atoms with Crippen LogP contribution in [0.1, 0.15) is 45.7 Å². The zero-order valence-electron chi connectivity index (χ0n) is 17.9. The number of carbonyl (C=O) groups is 1. The second-order valence-electron chi connectivity index (χ2n) is 8.41. The number of fused-ring (bicyclic) bond motifs is 5. The van der Waals surface area contributed by atoms with Gasteiger partial charge in [-0.15, -0.1) is 0 Å². The van der Waals surface area contributed by atoms with Crippen molar-refractivity contribution in [3.8, 4) is 11.6 Å². The van der Waals surface area contributed by atoms with Gasteiger partial charge in [-0.2, -0.15) is 26.3 Å². The Balaban J connectivity index is 1.58. The van der Waals surface area contributed by atoms with E-state index in [0.29, 0.717) is 10.6 Å². The molecule has 13 heteroatoms. The van der Waals surface area contributed by atoms with Gasteiger partial charge in [0, 0.05) is 6.54 Å². The fourth-order valence-corrected chi connectivity index (χ4v) is 4.96. The molecule has 0 aliphatic carbocycles. The van der Waals surface area contributed by atoms with Gasteiger partial charge in [0.2, 0.25) is 5.88 Å². The Morgan fingerprint density at radius 3 is 2.33 bits per heavy atom. The summed E-state index contributed by atoms with van der Waals surface area (Å²) in [6, 6.07) is 5.11. The number of rotatable bonds is 2. The maximum Gasteiger partial charge on any atom is 0.417 e. The molecule has 3 heterocycles. The second kappa shape index (κ2) is 7.64. The molecule has 1 fully saturated rings. The summed E-state index contributed by atoms with van der Waals surface area (Å²) in [6.45, 7) is 6.83. The van der Waals surface area contributed by atoms with Crippen molar-refractivity contribution < 1.29 is 36.2 Å². The predicted octanol–water partition coefficient (Wildman–Crippen LogP) is 5.07. The number of alkyl halides is 6. The number of aromatic hydroxyl groups is 1. The number of hydrogen-bond donors (Lipinski definition) is 1. The zero-order valence-corrected chi connectivity index (χ0v) is 17.9. The third kappa shape index (κ3) is 3.35. The molecule has 0 spiro atoms. The first-order valence-corrected chi connectivity index (χ1v) is 10.5. The number of aromatic nitrogens is 2. The summed E-state index contributed by atoms with van der Waals surface area (Å²) in [7, 11) is 0. The third-order valence-corrected chi connectivity index (χ3v) is 6.45. The van der Waals surface area contributed by atoms with E-state index in [0.717, 1.165) is 39.8 Å². The van der Waals surface area contributed by atoms with Crippen LogP contribution in [-0.2, 0) is 12.4 Å². The van der Waals surface area contributed by atoms with Crippen molar-refractivity contribution in [1.82, 2.24) is 14.0 Å². The molecule has 1 N–H and O–H groups in total. The van der Waals surface area contributed by atoms with Crippen LogP contribution < -0.4 is 5.69 Å². The molecule has 36 heavy (non-hydrogen) atoms. The average Bonchev–Trinajstić information content (AvgIpc) is 3.48. The van der Waals surface area contributed by atoms with Crippen molar-refractivity contribution in [2.45, 2.75) is 30.9 Å². The minimum atomic E-state index is -4.90. The van der Waals surface area contributed by atoms with Gasteiger partial charge in [0.15, 0.2) is 5.69 Å². The molecule has 5 rings (SSSR count). The fraction of sp³-hybridized carbons (Fsp3) is 0.261. The van der Waals surface area contributed by atoms with Crippen LogP contribution in [0.5, 0.6) is 5.88 Å². The summed E-state index contributed by atoms with van der Waals surface area (Å²) < 4.78 is 82.4. The van der Waals surface area contributed by atoms with Gasteiger partial charge < -0.3 is 10.0 Å². The van der Waals surface area contributed by atoms with Crippen LogP contribution in [-0.4, -0.2) is 31.6 Å². The van der Waals surface area contributed by atoms with Gasteiger partial charge in [-0.1, -0.05) is 18.2 Å². The lowest BCUT2D eigenvalue weighted by Crippen LogP contribution is -2.38. The molecule has 2 atom stereocenters. The van der Waals surface area contributed by atoms with Crippen molar-refractivity contribution in [3.63, 3.8) is 0 Å². The predicted molar refractivity (Wildman–Crippen MR) is 112 cm³/mol. The van der Waals surface area contributed by atoms with Gasteiger partial charge in [0.1, 0.15) is 5.69 Å². The minimum Gasteiger partial charge on any atom is -0.493 e. The van der Waals surface area contributed by atoms with Crippen molar-refractivity contribution >= 4 is 11.6 Å². The molecule has 0 saturated carbocycles. The monoisotopic (exact) mass is 508 g/mol. The topological polar surface area (TPSA) is 71.8 Å². The van der Waals surface area contributed by atoms with Crippen molar-refractivity contribution in [2.24, 2.45) is 0 Å². The summed E-state index contributed by atoms with van der Waals surface area (Å²) in [6.07, 6.45) is -9.53. The number of halogens is 6. The van der Waals surface area contributed by atoms with Crippen LogP contribution in [0.3, 0.4) is 0 Å². The highest BCUT2D eigenvalue weighted by molar-refractivity contribution is 5.96. The molecule has 2 bridgehead atoms. The maximum atomic E-state index is 13.4. The van der Waals surface area contributed by atoms with Gasteiger partial charge >= 0.3 is 18.0 Å². The van der Waals surface area contributed by atoms with Crippen LogP contribution in [0, 0.1) is 6.57 Å². The standard InChI is InChI=1S/C23H14F6N4O3/c1-30-16-7-6-11(8-15(16)23(27,28)29)33-20(35)18-17-9-12(32(18)21(33)36)10-31(17)19(34)13-4-2-3-5-14(13)22(24,25)26/h2-8,12,17,35H,9-10H2/t12?,17-/m1/s1.